The molecule has 0 aliphatic carbocycles. The molecule has 1 unspecified atom stereocenters. The van der Waals surface area contributed by atoms with Gasteiger partial charge in [0.1, 0.15) is 16.9 Å². The Bertz CT molecular complexity index is 703. The average Bonchev–Trinajstić information content (AvgIpc) is 3.10. The number of nitrogens with one attached hydrogen (secondary N) is 1. The van der Waals surface area contributed by atoms with Crippen molar-refractivity contribution in [2.75, 3.05) is 45.1 Å². The van der Waals surface area contributed by atoms with Gasteiger partial charge in [-0.3, -0.25) is 4.90 Å². The molecule has 3 heterocycles. The third-order valence-electron chi connectivity index (χ3n) is 3.97. The van der Waals surface area contributed by atoms with E-state index in [1.807, 2.05) is 0 Å². The van der Waals surface area contributed by atoms with Crippen molar-refractivity contribution in [2.45, 2.75) is 18.1 Å². The molecular weight excluding hydrogens is 344 g/mol. The first-order chi connectivity index (χ1) is 12.2. The highest BCUT2D eigenvalue weighted by atomic mass is 32.2. The molecule has 0 spiro atoms. The molecule has 3 rings (SSSR count). The average molecular weight is 366 g/mol. The predicted octanol–water partition coefficient (Wildman–Crippen LogP) is 0.580. The molecule has 1 aliphatic rings. The summed E-state index contributed by atoms with van der Waals surface area (Å²) < 4.78 is 5.01. The molecule has 0 aromatic carbocycles. The van der Waals surface area contributed by atoms with Gasteiger partial charge in [-0.05, 0) is 6.92 Å². The third-order valence-corrected chi connectivity index (χ3v) is 5.10. The molecule has 0 radical (unpaired) electrons. The number of carbonyl (C=O) groups excluding carboxylic acids is 1. The van der Waals surface area contributed by atoms with Gasteiger partial charge < -0.3 is 19.7 Å². The highest BCUT2D eigenvalue weighted by Crippen LogP contribution is 2.22. The SMILES string of the molecule is CCOC(=O)N1CCN(CC(O)CSc2ncnc3nc[nH]c23)CC1. The first-order valence-corrected chi connectivity index (χ1v) is 9.25. The third kappa shape index (κ3) is 4.59. The number of nitrogens with zero attached hydrogens (tertiary/aromatic N) is 5. The number of thioether (sulfide) groups is 1. The van der Waals surface area contributed by atoms with Crippen molar-refractivity contribution in [1.82, 2.24) is 29.7 Å². The van der Waals surface area contributed by atoms with Gasteiger partial charge in [-0.2, -0.15) is 0 Å². The molecule has 2 aromatic heterocycles. The fraction of sp³-hybridized carbons (Fsp3) is 0.600. The minimum Gasteiger partial charge on any atom is -0.450 e. The van der Waals surface area contributed by atoms with E-state index in [1.54, 1.807) is 18.2 Å². The summed E-state index contributed by atoms with van der Waals surface area (Å²) in [5.74, 6) is 0.531. The van der Waals surface area contributed by atoms with Crippen LogP contribution in [0.2, 0.25) is 0 Å². The summed E-state index contributed by atoms with van der Waals surface area (Å²) in [6.07, 6.45) is 2.33. The van der Waals surface area contributed by atoms with E-state index in [0.29, 0.717) is 37.6 Å². The van der Waals surface area contributed by atoms with Crippen LogP contribution in [0.25, 0.3) is 11.2 Å². The Balaban J connectivity index is 1.43. The number of ether oxygens (including phenoxy) is 1. The van der Waals surface area contributed by atoms with E-state index in [9.17, 15) is 9.90 Å². The van der Waals surface area contributed by atoms with Gasteiger partial charge in [0.2, 0.25) is 0 Å². The Morgan fingerprint density at radius 1 is 1.36 bits per heavy atom. The van der Waals surface area contributed by atoms with E-state index < -0.39 is 6.10 Å². The van der Waals surface area contributed by atoms with Crippen molar-refractivity contribution in [3.63, 3.8) is 0 Å². The number of aliphatic hydroxyl groups is 1. The Morgan fingerprint density at radius 3 is 2.92 bits per heavy atom. The van der Waals surface area contributed by atoms with Crippen LogP contribution in [-0.2, 0) is 4.74 Å². The fourth-order valence-corrected chi connectivity index (χ4v) is 3.58. The Hall–Kier alpha value is -1.91. The van der Waals surface area contributed by atoms with Crippen LogP contribution in [0, 0.1) is 0 Å². The lowest BCUT2D eigenvalue weighted by atomic mass is 10.3. The number of β-amino-alcohol motifs (C(OH)–C–C–N with tert-alkyl or cyclic N) is 1. The van der Waals surface area contributed by atoms with Gasteiger partial charge in [-0.1, -0.05) is 0 Å². The van der Waals surface area contributed by atoms with Crippen LogP contribution in [0.3, 0.4) is 0 Å². The molecule has 2 aromatic rings. The molecule has 1 amide bonds. The van der Waals surface area contributed by atoms with Crippen LogP contribution in [-0.4, -0.2) is 92.1 Å². The lowest BCUT2D eigenvalue weighted by molar-refractivity contribution is 0.0632. The number of amides is 1. The molecule has 25 heavy (non-hydrogen) atoms. The topological polar surface area (TPSA) is 107 Å². The summed E-state index contributed by atoms with van der Waals surface area (Å²) in [5.41, 5.74) is 1.42. The molecule has 1 fully saturated rings. The Kier molecular flexibility index (Phi) is 6.05. The van der Waals surface area contributed by atoms with Crippen molar-refractivity contribution >= 4 is 29.0 Å². The van der Waals surface area contributed by atoms with Crippen molar-refractivity contribution < 1.29 is 14.6 Å². The van der Waals surface area contributed by atoms with Crippen LogP contribution in [0.4, 0.5) is 4.79 Å². The number of imidazole rings is 1. The second-order valence-electron chi connectivity index (χ2n) is 5.73. The minimum atomic E-state index is -0.480. The number of piperazine rings is 1. The van der Waals surface area contributed by atoms with E-state index in [-0.39, 0.29) is 6.09 Å². The maximum Gasteiger partial charge on any atom is 0.409 e. The zero-order valence-electron chi connectivity index (χ0n) is 14.1. The van der Waals surface area contributed by atoms with E-state index in [2.05, 4.69) is 24.8 Å². The van der Waals surface area contributed by atoms with Crippen LogP contribution in [0.1, 0.15) is 6.92 Å². The number of aliphatic hydroxyl groups excluding tert-OH is 1. The van der Waals surface area contributed by atoms with E-state index in [1.165, 1.54) is 18.1 Å². The number of rotatable bonds is 6. The molecule has 1 atom stereocenters. The molecule has 0 saturated carbocycles. The molecule has 1 aliphatic heterocycles. The van der Waals surface area contributed by atoms with Gasteiger partial charge in [0.25, 0.3) is 0 Å². The van der Waals surface area contributed by atoms with Gasteiger partial charge in [-0.15, -0.1) is 11.8 Å². The van der Waals surface area contributed by atoms with Gasteiger partial charge in [0.05, 0.1) is 19.0 Å². The van der Waals surface area contributed by atoms with Gasteiger partial charge in [0.15, 0.2) is 5.65 Å². The quantitative estimate of drug-likeness (QED) is 0.565. The lowest BCUT2D eigenvalue weighted by Crippen LogP contribution is -2.50. The van der Waals surface area contributed by atoms with Gasteiger partial charge in [-0.25, -0.2) is 19.7 Å². The zero-order valence-corrected chi connectivity index (χ0v) is 14.9. The van der Waals surface area contributed by atoms with Crippen LogP contribution in [0.15, 0.2) is 17.7 Å². The molecule has 9 nitrogen and oxygen atoms in total. The Morgan fingerprint density at radius 2 is 2.16 bits per heavy atom. The zero-order chi connectivity index (χ0) is 17.6. The number of hydrogen-bond donors (Lipinski definition) is 2. The van der Waals surface area contributed by atoms with Gasteiger partial charge >= 0.3 is 6.09 Å². The summed E-state index contributed by atoms with van der Waals surface area (Å²) in [5, 5.41) is 11.1. The normalized spacial score (nSPS) is 17.0. The van der Waals surface area contributed by atoms with E-state index >= 15 is 0 Å². The van der Waals surface area contributed by atoms with Crippen LogP contribution in [0.5, 0.6) is 0 Å². The second-order valence-corrected chi connectivity index (χ2v) is 6.74. The highest BCUT2D eigenvalue weighted by molar-refractivity contribution is 7.99. The second kappa shape index (κ2) is 8.45. The largest absolute Gasteiger partial charge is 0.450 e. The number of hydrogen-bond acceptors (Lipinski definition) is 8. The van der Waals surface area contributed by atoms with Crippen molar-refractivity contribution in [1.29, 1.82) is 0 Å². The van der Waals surface area contributed by atoms with Crippen LogP contribution < -0.4 is 0 Å². The van der Waals surface area contributed by atoms with Crippen LogP contribution >= 0.6 is 11.8 Å². The standard InChI is InChI=1S/C15H22N6O3S/c1-2-24-15(23)21-5-3-20(4-6-21)7-11(22)8-25-14-12-13(17-9-16-12)18-10-19-14/h9-11,22H,2-8H2,1H3,(H,16,17,18,19). The molecule has 10 heteroatoms. The first-order valence-electron chi connectivity index (χ1n) is 8.26. The number of aromatic nitrogens is 4. The fourth-order valence-electron chi connectivity index (χ4n) is 2.71. The summed E-state index contributed by atoms with van der Waals surface area (Å²) in [6.45, 7) is 5.48. The monoisotopic (exact) mass is 366 g/mol. The van der Waals surface area contributed by atoms with Crippen molar-refractivity contribution in [2.24, 2.45) is 0 Å². The van der Waals surface area contributed by atoms with Gasteiger partial charge in [0, 0.05) is 38.5 Å². The lowest BCUT2D eigenvalue weighted by Gasteiger charge is -2.34. The van der Waals surface area contributed by atoms with E-state index in [0.717, 1.165) is 23.6 Å². The molecule has 0 bridgehead atoms. The number of H-pyrrole nitrogens is 1. The van der Waals surface area contributed by atoms with Crippen molar-refractivity contribution in [3.8, 4) is 0 Å². The molecule has 1 saturated heterocycles. The number of carbonyl (C=O) groups is 1. The molecule has 2 N–H and O–H groups in total. The summed E-state index contributed by atoms with van der Waals surface area (Å²) in [6, 6.07) is 0. The van der Waals surface area contributed by atoms with Crippen molar-refractivity contribution in [3.05, 3.63) is 12.7 Å². The smallest absolute Gasteiger partial charge is 0.409 e. The summed E-state index contributed by atoms with van der Waals surface area (Å²) >= 11 is 1.48. The highest BCUT2D eigenvalue weighted by Gasteiger charge is 2.23. The number of aromatic amines is 1. The summed E-state index contributed by atoms with van der Waals surface area (Å²) in [4.78, 5) is 31.0. The maximum absolute atomic E-state index is 11.7. The first kappa shape index (κ1) is 17.9. The molecule has 136 valence electrons. The number of fused-ring (bicyclic) bond motifs is 1. The van der Waals surface area contributed by atoms with E-state index in [4.69, 9.17) is 4.74 Å². The Labute approximate surface area is 149 Å². The maximum atomic E-state index is 11.7. The summed E-state index contributed by atoms with van der Waals surface area (Å²) in [7, 11) is 0. The minimum absolute atomic E-state index is 0.259. The molecular formula is C15H22N6O3S. The predicted molar refractivity (Wildman–Crippen MR) is 93.4 cm³/mol.